The van der Waals surface area contributed by atoms with Gasteiger partial charge in [0.05, 0.1) is 18.5 Å². The summed E-state index contributed by atoms with van der Waals surface area (Å²) in [5, 5.41) is 7.69. The highest BCUT2D eigenvalue weighted by Gasteiger charge is 2.33. The smallest absolute Gasteiger partial charge is 0.339 e. The average Bonchev–Trinajstić information content (AvgIpc) is 3.70. The molecule has 0 saturated carbocycles. The Morgan fingerprint density at radius 2 is 1.57 bits per heavy atom. The van der Waals surface area contributed by atoms with E-state index in [1.165, 1.54) is 18.2 Å². The van der Waals surface area contributed by atoms with Crippen molar-refractivity contribution in [2.75, 3.05) is 0 Å². The molecule has 0 bridgehead atoms. The van der Waals surface area contributed by atoms with E-state index in [1.807, 2.05) is 55.5 Å². The first-order valence-electron chi connectivity index (χ1n) is 14.9. The first kappa shape index (κ1) is 31.4. The predicted molar refractivity (Wildman–Crippen MR) is 166 cm³/mol. The molecule has 6 aromatic rings. The zero-order chi connectivity index (χ0) is 33.1. The standard InChI is InChI=1S/C34H29F3N6O4/c1-3-8-29-38-20(2)26(18-30-39-28(41-46-30)17-23-9-4-7-12-27(23)34(35,36)37)32(44)43(29)19-21-13-15-22(16-14-21)24-10-5-6-11-25(24)31-40-33(45)47-42-31/h4-7,9-16H,3,8,17-19H2,1-2H3,(H,40,42,45). The number of halogens is 3. The molecular formula is C34H29F3N6O4. The van der Waals surface area contributed by atoms with E-state index >= 15 is 0 Å². The van der Waals surface area contributed by atoms with E-state index in [0.717, 1.165) is 29.2 Å². The summed E-state index contributed by atoms with van der Waals surface area (Å²) in [6.45, 7) is 4.01. The Labute approximate surface area is 265 Å². The summed E-state index contributed by atoms with van der Waals surface area (Å²) in [5.41, 5.74) is 3.18. The number of hydrogen-bond acceptors (Lipinski definition) is 8. The van der Waals surface area contributed by atoms with Crippen LogP contribution in [0.2, 0.25) is 0 Å². The molecule has 6 rings (SSSR count). The Morgan fingerprint density at radius 3 is 2.28 bits per heavy atom. The summed E-state index contributed by atoms with van der Waals surface area (Å²) in [5.74, 6) is 0.511. The third-order valence-electron chi connectivity index (χ3n) is 7.76. The Hall–Kier alpha value is -5.59. The molecule has 0 spiro atoms. The molecule has 10 nitrogen and oxygen atoms in total. The lowest BCUT2D eigenvalue weighted by Gasteiger charge is -2.16. The third kappa shape index (κ3) is 6.83. The largest absolute Gasteiger partial charge is 0.439 e. The lowest BCUT2D eigenvalue weighted by atomic mass is 9.98. The molecule has 0 aliphatic rings. The van der Waals surface area contributed by atoms with Crippen molar-refractivity contribution in [3.05, 3.63) is 139 Å². The zero-order valence-corrected chi connectivity index (χ0v) is 25.5. The molecule has 3 aromatic heterocycles. The van der Waals surface area contributed by atoms with Crippen LogP contribution in [0.1, 0.15) is 58.8 Å². The fourth-order valence-electron chi connectivity index (χ4n) is 5.50. The van der Waals surface area contributed by atoms with Crippen LogP contribution in [0.3, 0.4) is 0 Å². The molecule has 0 fully saturated rings. The van der Waals surface area contributed by atoms with Crippen molar-refractivity contribution >= 4 is 0 Å². The van der Waals surface area contributed by atoms with Gasteiger partial charge in [-0.15, -0.1) is 0 Å². The number of rotatable bonds is 10. The van der Waals surface area contributed by atoms with E-state index < -0.39 is 17.5 Å². The Bertz CT molecular complexity index is 2140. The van der Waals surface area contributed by atoms with Gasteiger partial charge in [0.1, 0.15) is 5.82 Å². The summed E-state index contributed by atoms with van der Waals surface area (Å²) < 4.78 is 52.1. The van der Waals surface area contributed by atoms with E-state index in [1.54, 1.807) is 11.5 Å². The molecule has 0 saturated heterocycles. The number of benzene rings is 3. The van der Waals surface area contributed by atoms with E-state index in [-0.39, 0.29) is 42.2 Å². The van der Waals surface area contributed by atoms with Gasteiger partial charge in [-0.05, 0) is 41.7 Å². The molecule has 0 atom stereocenters. The van der Waals surface area contributed by atoms with Crippen molar-refractivity contribution in [1.82, 2.24) is 29.8 Å². The minimum Gasteiger partial charge on any atom is -0.339 e. The van der Waals surface area contributed by atoms with Crippen LogP contribution in [0.25, 0.3) is 22.5 Å². The Kier molecular flexibility index (Phi) is 8.70. The fourth-order valence-corrected chi connectivity index (χ4v) is 5.50. The SMILES string of the molecule is CCCc1nc(C)c(Cc2nc(Cc3ccccc3C(F)(F)F)no2)c(=O)n1Cc1ccc(-c2ccccc2-c2noc(=O)[nH]2)cc1. The highest BCUT2D eigenvalue weighted by atomic mass is 19.4. The molecule has 0 unspecified atom stereocenters. The number of aryl methyl sites for hydroxylation is 2. The molecule has 0 aliphatic heterocycles. The molecule has 47 heavy (non-hydrogen) atoms. The molecular weight excluding hydrogens is 613 g/mol. The molecule has 0 amide bonds. The van der Waals surface area contributed by atoms with Crippen molar-refractivity contribution in [1.29, 1.82) is 0 Å². The number of H-pyrrole nitrogens is 1. The summed E-state index contributed by atoms with van der Waals surface area (Å²) in [4.78, 5) is 37.1. The van der Waals surface area contributed by atoms with Gasteiger partial charge in [-0.1, -0.05) is 84.0 Å². The van der Waals surface area contributed by atoms with Gasteiger partial charge < -0.3 is 4.52 Å². The van der Waals surface area contributed by atoms with Gasteiger partial charge in [0.15, 0.2) is 11.6 Å². The number of hydrogen-bond donors (Lipinski definition) is 1. The van der Waals surface area contributed by atoms with Crippen molar-refractivity contribution < 1.29 is 22.2 Å². The van der Waals surface area contributed by atoms with Gasteiger partial charge in [-0.25, -0.2) is 9.78 Å². The lowest BCUT2D eigenvalue weighted by Crippen LogP contribution is -2.30. The summed E-state index contributed by atoms with van der Waals surface area (Å²) in [6.07, 6.45) is -3.34. The van der Waals surface area contributed by atoms with Gasteiger partial charge in [-0.2, -0.15) is 18.2 Å². The molecule has 0 aliphatic carbocycles. The molecule has 1 N–H and O–H groups in total. The number of nitrogens with one attached hydrogen (secondary N) is 1. The third-order valence-corrected chi connectivity index (χ3v) is 7.76. The zero-order valence-electron chi connectivity index (χ0n) is 25.5. The van der Waals surface area contributed by atoms with E-state index in [2.05, 4.69) is 24.8 Å². The maximum Gasteiger partial charge on any atom is 0.439 e. The van der Waals surface area contributed by atoms with Crippen molar-refractivity contribution in [2.24, 2.45) is 0 Å². The van der Waals surface area contributed by atoms with Gasteiger partial charge >= 0.3 is 11.9 Å². The molecule has 13 heteroatoms. The second-order valence-corrected chi connectivity index (χ2v) is 11.0. The van der Waals surface area contributed by atoms with Crippen LogP contribution >= 0.6 is 0 Å². The van der Waals surface area contributed by atoms with Gasteiger partial charge in [0.25, 0.3) is 5.56 Å². The fraction of sp³-hybridized carbons (Fsp3) is 0.235. The predicted octanol–water partition coefficient (Wildman–Crippen LogP) is 6.15. The van der Waals surface area contributed by atoms with Crippen LogP contribution < -0.4 is 11.3 Å². The van der Waals surface area contributed by atoms with Crippen LogP contribution in [0.15, 0.2) is 91.4 Å². The van der Waals surface area contributed by atoms with Gasteiger partial charge in [0, 0.05) is 29.7 Å². The second kappa shape index (κ2) is 13.0. The minimum atomic E-state index is -4.51. The number of alkyl halides is 3. The van der Waals surface area contributed by atoms with Crippen LogP contribution in [0, 0.1) is 6.92 Å². The minimum absolute atomic E-state index is 0.0160. The maximum absolute atomic E-state index is 13.9. The maximum atomic E-state index is 13.9. The normalized spacial score (nSPS) is 11.7. The van der Waals surface area contributed by atoms with Crippen LogP contribution in [0.5, 0.6) is 0 Å². The molecule has 3 heterocycles. The van der Waals surface area contributed by atoms with Crippen molar-refractivity contribution in [3.8, 4) is 22.5 Å². The second-order valence-electron chi connectivity index (χ2n) is 11.0. The highest BCUT2D eigenvalue weighted by molar-refractivity contribution is 5.80. The summed E-state index contributed by atoms with van der Waals surface area (Å²) in [6, 6.07) is 20.4. The molecule has 0 radical (unpaired) electrons. The average molecular weight is 643 g/mol. The Balaban J connectivity index is 1.26. The quantitative estimate of drug-likeness (QED) is 0.188. The van der Waals surface area contributed by atoms with Crippen molar-refractivity contribution in [2.45, 2.75) is 52.3 Å². The summed E-state index contributed by atoms with van der Waals surface area (Å²) >= 11 is 0. The van der Waals surface area contributed by atoms with E-state index in [9.17, 15) is 22.8 Å². The van der Waals surface area contributed by atoms with Crippen LogP contribution in [-0.4, -0.2) is 29.8 Å². The molecule has 3 aromatic carbocycles. The van der Waals surface area contributed by atoms with Crippen molar-refractivity contribution in [3.63, 3.8) is 0 Å². The van der Waals surface area contributed by atoms with Gasteiger partial charge in [0.2, 0.25) is 5.89 Å². The monoisotopic (exact) mass is 642 g/mol. The van der Waals surface area contributed by atoms with E-state index in [4.69, 9.17) is 9.51 Å². The van der Waals surface area contributed by atoms with E-state index in [0.29, 0.717) is 34.9 Å². The first-order chi connectivity index (χ1) is 22.6. The van der Waals surface area contributed by atoms with Gasteiger partial charge in [-0.3, -0.25) is 18.9 Å². The topological polar surface area (TPSA) is 133 Å². The highest BCUT2D eigenvalue weighted by Crippen LogP contribution is 2.33. The summed E-state index contributed by atoms with van der Waals surface area (Å²) in [7, 11) is 0. The number of aromatic amines is 1. The number of aromatic nitrogens is 6. The molecule has 240 valence electrons. The Morgan fingerprint density at radius 1 is 0.851 bits per heavy atom. The number of nitrogens with zero attached hydrogens (tertiary/aromatic N) is 5. The van der Waals surface area contributed by atoms with Crippen LogP contribution in [0.4, 0.5) is 13.2 Å². The van der Waals surface area contributed by atoms with Crippen LogP contribution in [-0.2, 0) is 32.0 Å². The lowest BCUT2D eigenvalue weighted by molar-refractivity contribution is -0.138. The first-order valence-corrected chi connectivity index (χ1v) is 14.9.